The number of benzene rings is 1. The van der Waals surface area contributed by atoms with Crippen molar-refractivity contribution < 1.29 is 14.4 Å². The monoisotopic (exact) mass is 404 g/mol. The van der Waals surface area contributed by atoms with E-state index in [-0.39, 0.29) is 53.4 Å². The summed E-state index contributed by atoms with van der Waals surface area (Å²) >= 11 is 0. The maximum atomic E-state index is 13.3. The Hall–Kier alpha value is -2.43. The van der Waals surface area contributed by atoms with E-state index in [1.807, 2.05) is 31.2 Å². The van der Waals surface area contributed by atoms with E-state index in [2.05, 4.69) is 17.5 Å². The molecule has 6 atom stereocenters. The number of anilines is 1. The summed E-state index contributed by atoms with van der Waals surface area (Å²) in [5.41, 5.74) is 1.95. The van der Waals surface area contributed by atoms with Gasteiger partial charge in [-0.05, 0) is 80.4 Å². The van der Waals surface area contributed by atoms with E-state index in [4.69, 9.17) is 0 Å². The van der Waals surface area contributed by atoms with Crippen LogP contribution in [0.2, 0.25) is 0 Å². The summed E-state index contributed by atoms with van der Waals surface area (Å²) < 4.78 is 0. The van der Waals surface area contributed by atoms with Crippen LogP contribution < -0.4 is 5.32 Å². The Kier molecular flexibility index (Phi) is 4.00. The molecule has 1 heterocycles. The fourth-order valence-electron chi connectivity index (χ4n) is 6.90. The third-order valence-corrected chi connectivity index (χ3v) is 8.42. The highest BCUT2D eigenvalue weighted by molar-refractivity contribution is 6.06. The molecule has 0 unspecified atom stereocenters. The first kappa shape index (κ1) is 18.3. The maximum absolute atomic E-state index is 13.3. The van der Waals surface area contributed by atoms with Crippen molar-refractivity contribution in [3.05, 3.63) is 42.0 Å². The lowest BCUT2D eigenvalue weighted by molar-refractivity contribution is -0.144. The van der Waals surface area contributed by atoms with Crippen molar-refractivity contribution in [3.8, 4) is 0 Å². The molecule has 2 bridgehead atoms. The van der Waals surface area contributed by atoms with Crippen LogP contribution in [0.4, 0.5) is 5.69 Å². The standard InChI is InChI=1S/C25H28N2O3/c1-13-3-2-4-15(11-13)26-23(28)14-5-7-16(8-6-14)27-24(29)21-17-9-10-18(20-12-19(17)20)22(21)25(27)30/h2-4,9-11,14,16-22H,5-8,12H2,1H3,(H,26,28)/t14?,16?,17-,18-,19-,20+,21+,22+/m0/s1. The lowest BCUT2D eigenvalue weighted by Gasteiger charge is -2.37. The summed E-state index contributed by atoms with van der Waals surface area (Å²) in [6.07, 6.45) is 8.56. The summed E-state index contributed by atoms with van der Waals surface area (Å²) in [4.78, 5) is 40.9. The fraction of sp³-hybridized carbons (Fsp3) is 0.560. The number of nitrogens with zero attached hydrogens (tertiary/aromatic N) is 1. The van der Waals surface area contributed by atoms with Crippen molar-refractivity contribution in [1.29, 1.82) is 0 Å². The third kappa shape index (κ3) is 2.63. The van der Waals surface area contributed by atoms with Crippen LogP contribution in [0.15, 0.2) is 36.4 Å². The topological polar surface area (TPSA) is 66.5 Å². The highest BCUT2D eigenvalue weighted by Crippen LogP contribution is 2.65. The molecule has 0 aromatic heterocycles. The molecule has 7 rings (SSSR count). The van der Waals surface area contributed by atoms with Crippen molar-refractivity contribution >= 4 is 23.4 Å². The zero-order chi connectivity index (χ0) is 20.6. The molecule has 3 saturated carbocycles. The van der Waals surface area contributed by atoms with Gasteiger partial charge in [-0.15, -0.1) is 0 Å². The van der Waals surface area contributed by atoms with Gasteiger partial charge < -0.3 is 5.32 Å². The number of amides is 3. The molecule has 0 spiro atoms. The van der Waals surface area contributed by atoms with E-state index in [1.165, 1.54) is 6.42 Å². The van der Waals surface area contributed by atoms with Gasteiger partial charge in [0.25, 0.3) is 0 Å². The SMILES string of the molecule is Cc1cccc(NC(=O)C2CCC(N3C(=O)[C@@H]4[C@H]5C=C[C@@H]([C@@H]6C[C@H]56)[C@H]4C3=O)CC2)c1. The van der Waals surface area contributed by atoms with E-state index in [0.717, 1.165) is 36.9 Å². The summed E-state index contributed by atoms with van der Waals surface area (Å²) in [7, 11) is 0. The number of carbonyl (C=O) groups is 3. The van der Waals surface area contributed by atoms with Gasteiger partial charge >= 0.3 is 0 Å². The average molecular weight is 405 g/mol. The largest absolute Gasteiger partial charge is 0.326 e. The van der Waals surface area contributed by atoms with Gasteiger partial charge in [0.2, 0.25) is 17.7 Å². The summed E-state index contributed by atoms with van der Waals surface area (Å²) in [6.45, 7) is 2.01. The number of likely N-dealkylation sites (tertiary alicyclic amines) is 1. The molecule has 6 aliphatic rings. The van der Waals surface area contributed by atoms with Gasteiger partial charge in [0, 0.05) is 17.6 Å². The van der Waals surface area contributed by atoms with Gasteiger partial charge in [0.05, 0.1) is 11.8 Å². The van der Waals surface area contributed by atoms with E-state index in [9.17, 15) is 14.4 Å². The van der Waals surface area contributed by atoms with E-state index in [1.54, 1.807) is 4.90 Å². The van der Waals surface area contributed by atoms with Crippen molar-refractivity contribution in [2.45, 2.75) is 45.1 Å². The first-order valence-electron chi connectivity index (χ1n) is 11.5. The number of allylic oxidation sites excluding steroid dienone is 2. The van der Waals surface area contributed by atoms with Gasteiger partial charge in [-0.1, -0.05) is 24.3 Å². The van der Waals surface area contributed by atoms with Crippen LogP contribution in [0.1, 0.15) is 37.7 Å². The van der Waals surface area contributed by atoms with Gasteiger partial charge in [0.15, 0.2) is 0 Å². The first-order chi connectivity index (χ1) is 14.5. The van der Waals surface area contributed by atoms with Crippen molar-refractivity contribution in [2.24, 2.45) is 41.4 Å². The second kappa shape index (κ2) is 6.53. The normalized spacial score (nSPS) is 40.9. The second-order valence-electron chi connectivity index (χ2n) is 10.1. The van der Waals surface area contributed by atoms with Crippen LogP contribution in [0.5, 0.6) is 0 Å². The zero-order valence-electron chi connectivity index (χ0n) is 17.3. The summed E-state index contributed by atoms with van der Waals surface area (Å²) in [5, 5.41) is 3.03. The highest BCUT2D eigenvalue weighted by atomic mass is 16.2. The Morgan fingerprint density at radius 3 is 2.20 bits per heavy atom. The molecule has 5 aliphatic carbocycles. The molecular weight excluding hydrogens is 376 g/mol. The molecule has 1 aromatic rings. The van der Waals surface area contributed by atoms with Gasteiger partial charge in [0.1, 0.15) is 0 Å². The van der Waals surface area contributed by atoms with E-state index < -0.39 is 0 Å². The van der Waals surface area contributed by atoms with E-state index in [0.29, 0.717) is 11.8 Å². The lowest BCUT2D eigenvalue weighted by Crippen LogP contribution is -2.44. The van der Waals surface area contributed by atoms with Crippen LogP contribution in [0, 0.1) is 48.3 Å². The van der Waals surface area contributed by atoms with Gasteiger partial charge in [-0.3, -0.25) is 19.3 Å². The smallest absolute Gasteiger partial charge is 0.233 e. The Labute approximate surface area is 176 Å². The molecule has 5 nitrogen and oxygen atoms in total. The van der Waals surface area contributed by atoms with Gasteiger partial charge in [-0.25, -0.2) is 0 Å². The number of hydrogen-bond acceptors (Lipinski definition) is 3. The highest BCUT2D eigenvalue weighted by Gasteiger charge is 2.67. The van der Waals surface area contributed by atoms with Crippen LogP contribution in [-0.2, 0) is 14.4 Å². The quantitative estimate of drug-likeness (QED) is 0.619. The van der Waals surface area contributed by atoms with Crippen molar-refractivity contribution in [2.75, 3.05) is 5.32 Å². The number of rotatable bonds is 3. The van der Waals surface area contributed by atoms with Gasteiger partial charge in [-0.2, -0.15) is 0 Å². The van der Waals surface area contributed by atoms with Crippen LogP contribution in [0.25, 0.3) is 0 Å². The summed E-state index contributed by atoms with van der Waals surface area (Å²) in [5.74, 6) is 1.75. The Morgan fingerprint density at radius 1 is 0.967 bits per heavy atom. The molecule has 30 heavy (non-hydrogen) atoms. The minimum Gasteiger partial charge on any atom is -0.326 e. The molecule has 5 heteroatoms. The lowest BCUT2D eigenvalue weighted by atomic mass is 9.63. The molecule has 1 aromatic carbocycles. The minimum atomic E-state index is -0.112. The Balaban J connectivity index is 1.12. The maximum Gasteiger partial charge on any atom is 0.233 e. The number of carbonyl (C=O) groups excluding carboxylic acids is 3. The van der Waals surface area contributed by atoms with Crippen molar-refractivity contribution in [1.82, 2.24) is 4.90 Å². The molecule has 0 radical (unpaired) electrons. The summed E-state index contributed by atoms with van der Waals surface area (Å²) in [6, 6.07) is 7.80. The number of imide groups is 1. The Morgan fingerprint density at radius 2 is 1.60 bits per heavy atom. The number of hydrogen-bond donors (Lipinski definition) is 1. The van der Waals surface area contributed by atoms with Crippen LogP contribution >= 0.6 is 0 Å². The van der Waals surface area contributed by atoms with E-state index >= 15 is 0 Å². The second-order valence-corrected chi connectivity index (χ2v) is 10.1. The molecular formula is C25H28N2O3. The molecule has 3 amide bonds. The molecule has 1 N–H and O–H groups in total. The zero-order valence-corrected chi connectivity index (χ0v) is 17.3. The fourth-order valence-corrected chi connectivity index (χ4v) is 6.90. The molecule has 1 saturated heterocycles. The van der Waals surface area contributed by atoms with Crippen LogP contribution in [-0.4, -0.2) is 28.7 Å². The molecule has 1 aliphatic heterocycles. The third-order valence-electron chi connectivity index (χ3n) is 8.42. The average Bonchev–Trinajstić information content (AvgIpc) is 3.52. The predicted molar refractivity (Wildman–Crippen MR) is 112 cm³/mol. The predicted octanol–water partition coefficient (Wildman–Crippen LogP) is 3.55. The minimum absolute atomic E-state index is 0.0330. The molecule has 4 fully saturated rings. The Bertz CT molecular complexity index is 925. The van der Waals surface area contributed by atoms with Crippen LogP contribution in [0.3, 0.4) is 0 Å². The molecule has 156 valence electrons. The number of nitrogens with one attached hydrogen (secondary N) is 1. The first-order valence-corrected chi connectivity index (χ1v) is 11.5. The van der Waals surface area contributed by atoms with Crippen molar-refractivity contribution in [3.63, 3.8) is 0 Å². The number of aryl methyl sites for hydroxylation is 1.